The molecular formula is C19H26N4O2. The first-order valence-corrected chi connectivity index (χ1v) is 8.97. The van der Waals surface area contributed by atoms with Crippen molar-refractivity contribution in [1.82, 2.24) is 19.7 Å². The Labute approximate surface area is 148 Å². The number of rotatable bonds is 6. The number of fused-ring (bicyclic) bond motifs is 1. The van der Waals surface area contributed by atoms with Crippen LogP contribution in [0.25, 0.3) is 0 Å². The molecule has 134 valence electrons. The maximum atomic E-state index is 13.1. The molecule has 0 fully saturated rings. The van der Waals surface area contributed by atoms with E-state index in [0.29, 0.717) is 19.7 Å². The van der Waals surface area contributed by atoms with Crippen LogP contribution in [-0.4, -0.2) is 38.2 Å². The minimum absolute atomic E-state index is 0.00593. The second kappa shape index (κ2) is 7.68. The molecule has 6 heteroatoms. The molecule has 0 aliphatic carbocycles. The summed E-state index contributed by atoms with van der Waals surface area (Å²) in [7, 11) is 0. The van der Waals surface area contributed by atoms with E-state index in [9.17, 15) is 4.79 Å². The zero-order valence-corrected chi connectivity index (χ0v) is 15.2. The molecule has 1 unspecified atom stereocenters. The van der Waals surface area contributed by atoms with Crippen LogP contribution in [0, 0.1) is 5.92 Å². The molecule has 1 amide bonds. The Morgan fingerprint density at radius 3 is 2.80 bits per heavy atom. The van der Waals surface area contributed by atoms with Crippen molar-refractivity contribution in [3.8, 4) is 5.75 Å². The molecule has 2 heterocycles. The lowest BCUT2D eigenvalue weighted by Crippen LogP contribution is -2.43. The first-order valence-electron chi connectivity index (χ1n) is 8.97. The number of ether oxygens (including phenoxy) is 1. The number of amides is 1. The summed E-state index contributed by atoms with van der Waals surface area (Å²) in [6, 6.07) is 8.15. The van der Waals surface area contributed by atoms with Crippen LogP contribution in [0.4, 0.5) is 0 Å². The van der Waals surface area contributed by atoms with Gasteiger partial charge in [0.15, 0.2) is 0 Å². The van der Waals surface area contributed by atoms with Gasteiger partial charge < -0.3 is 14.2 Å². The first-order chi connectivity index (χ1) is 12.1. The van der Waals surface area contributed by atoms with Crippen molar-refractivity contribution >= 4 is 5.91 Å². The Bertz CT molecular complexity index is 708. The molecule has 0 spiro atoms. The number of carbonyl (C=O) groups excluding carboxylic acids is 1. The summed E-state index contributed by atoms with van der Waals surface area (Å²) in [5.41, 5.74) is 1.12. The minimum Gasteiger partial charge on any atom is -0.494 e. The van der Waals surface area contributed by atoms with Gasteiger partial charge in [0, 0.05) is 25.6 Å². The van der Waals surface area contributed by atoms with Crippen LogP contribution in [0.5, 0.6) is 5.75 Å². The van der Waals surface area contributed by atoms with Gasteiger partial charge in [0.2, 0.25) is 5.91 Å². The fraction of sp³-hybridized carbons (Fsp3) is 0.526. The van der Waals surface area contributed by atoms with Gasteiger partial charge in [-0.15, -0.1) is 10.2 Å². The van der Waals surface area contributed by atoms with Gasteiger partial charge in [0.05, 0.1) is 12.5 Å². The van der Waals surface area contributed by atoms with Crippen LogP contribution >= 0.6 is 0 Å². The lowest BCUT2D eigenvalue weighted by molar-refractivity contribution is -0.139. The molecule has 0 saturated heterocycles. The summed E-state index contributed by atoms with van der Waals surface area (Å²) >= 11 is 0. The van der Waals surface area contributed by atoms with E-state index in [0.717, 1.165) is 30.0 Å². The van der Waals surface area contributed by atoms with E-state index < -0.39 is 0 Å². The number of aryl methyl sites for hydroxylation is 1. The van der Waals surface area contributed by atoms with Crippen LogP contribution in [0.1, 0.15) is 38.6 Å². The Morgan fingerprint density at radius 1 is 1.36 bits per heavy atom. The normalized spacial score (nSPS) is 16.6. The zero-order chi connectivity index (χ0) is 17.8. The molecule has 0 radical (unpaired) electrons. The summed E-state index contributed by atoms with van der Waals surface area (Å²) < 4.78 is 7.49. The predicted molar refractivity (Wildman–Crippen MR) is 95.1 cm³/mol. The molecule has 3 rings (SSSR count). The highest BCUT2D eigenvalue weighted by Gasteiger charge is 2.30. The average Bonchev–Trinajstić information content (AvgIpc) is 3.08. The van der Waals surface area contributed by atoms with Gasteiger partial charge in [-0.2, -0.15) is 0 Å². The van der Waals surface area contributed by atoms with Crippen molar-refractivity contribution in [2.75, 3.05) is 6.61 Å². The van der Waals surface area contributed by atoms with E-state index in [1.54, 1.807) is 6.33 Å². The van der Waals surface area contributed by atoms with Crippen molar-refractivity contribution in [2.45, 2.75) is 52.7 Å². The molecule has 1 atom stereocenters. The largest absolute Gasteiger partial charge is 0.494 e. The summed E-state index contributed by atoms with van der Waals surface area (Å²) in [5.74, 6) is 2.05. The van der Waals surface area contributed by atoms with E-state index in [2.05, 4.69) is 24.0 Å². The fourth-order valence-corrected chi connectivity index (χ4v) is 3.26. The third-order valence-electron chi connectivity index (χ3n) is 4.67. The average molecular weight is 342 g/mol. The molecule has 1 aliphatic rings. The molecule has 1 aromatic carbocycles. The van der Waals surface area contributed by atoms with E-state index in [-0.39, 0.29) is 17.9 Å². The number of carbonyl (C=O) groups is 1. The first kappa shape index (κ1) is 17.5. The SMILES string of the molecule is CCOc1ccc(CN(C(=O)C2CCc3nncn3C2)C(C)C)cc1. The maximum absolute atomic E-state index is 13.1. The highest BCUT2D eigenvalue weighted by Crippen LogP contribution is 2.23. The summed E-state index contributed by atoms with van der Waals surface area (Å²) in [4.78, 5) is 15.1. The summed E-state index contributed by atoms with van der Waals surface area (Å²) in [6.45, 7) is 8.06. The van der Waals surface area contributed by atoms with Gasteiger partial charge in [0.25, 0.3) is 0 Å². The van der Waals surface area contributed by atoms with Gasteiger partial charge in [-0.3, -0.25) is 4.79 Å². The van der Waals surface area contributed by atoms with Crippen LogP contribution in [0.2, 0.25) is 0 Å². The van der Waals surface area contributed by atoms with Crippen LogP contribution in [0.3, 0.4) is 0 Å². The van der Waals surface area contributed by atoms with Crippen molar-refractivity contribution in [2.24, 2.45) is 5.92 Å². The zero-order valence-electron chi connectivity index (χ0n) is 15.2. The van der Waals surface area contributed by atoms with Crippen LogP contribution in [-0.2, 0) is 24.3 Å². The molecule has 0 N–H and O–H groups in total. The quantitative estimate of drug-likeness (QED) is 0.810. The molecule has 6 nitrogen and oxygen atoms in total. The molecular weight excluding hydrogens is 316 g/mol. The lowest BCUT2D eigenvalue weighted by atomic mass is 9.97. The van der Waals surface area contributed by atoms with E-state index >= 15 is 0 Å². The van der Waals surface area contributed by atoms with E-state index in [4.69, 9.17) is 4.74 Å². The summed E-state index contributed by atoms with van der Waals surface area (Å²) in [6.07, 6.45) is 3.37. The van der Waals surface area contributed by atoms with E-state index in [1.165, 1.54) is 0 Å². The maximum Gasteiger partial charge on any atom is 0.228 e. The van der Waals surface area contributed by atoms with E-state index in [1.807, 2.05) is 40.7 Å². The van der Waals surface area contributed by atoms with Crippen molar-refractivity contribution in [3.63, 3.8) is 0 Å². The van der Waals surface area contributed by atoms with Crippen molar-refractivity contribution in [1.29, 1.82) is 0 Å². The second-order valence-corrected chi connectivity index (χ2v) is 6.77. The van der Waals surface area contributed by atoms with Gasteiger partial charge in [0.1, 0.15) is 17.9 Å². The Hall–Kier alpha value is -2.37. The molecule has 0 bridgehead atoms. The topological polar surface area (TPSA) is 60.2 Å². The molecule has 25 heavy (non-hydrogen) atoms. The molecule has 1 aliphatic heterocycles. The monoisotopic (exact) mass is 342 g/mol. The Kier molecular flexibility index (Phi) is 5.36. The van der Waals surface area contributed by atoms with Crippen molar-refractivity contribution in [3.05, 3.63) is 42.0 Å². The van der Waals surface area contributed by atoms with Gasteiger partial charge in [-0.25, -0.2) is 0 Å². The molecule has 0 saturated carbocycles. The predicted octanol–water partition coefficient (Wildman–Crippen LogP) is 2.68. The Balaban J connectivity index is 1.69. The number of hydrogen-bond acceptors (Lipinski definition) is 4. The standard InChI is InChI=1S/C19H26N4O2/c1-4-25-17-8-5-15(6-9-17)11-23(14(2)3)19(24)16-7-10-18-21-20-13-22(18)12-16/h5-6,8-9,13-14,16H,4,7,10-12H2,1-3H3. The number of benzene rings is 1. The van der Waals surface area contributed by atoms with Crippen molar-refractivity contribution < 1.29 is 9.53 Å². The third-order valence-corrected chi connectivity index (χ3v) is 4.67. The molecule has 1 aromatic heterocycles. The van der Waals surface area contributed by atoms with Gasteiger partial charge in [-0.05, 0) is 44.9 Å². The third kappa shape index (κ3) is 4.00. The Morgan fingerprint density at radius 2 is 2.12 bits per heavy atom. The fourth-order valence-electron chi connectivity index (χ4n) is 3.26. The van der Waals surface area contributed by atoms with Crippen LogP contribution in [0.15, 0.2) is 30.6 Å². The second-order valence-electron chi connectivity index (χ2n) is 6.77. The minimum atomic E-state index is -0.00593. The lowest BCUT2D eigenvalue weighted by Gasteiger charge is -2.32. The van der Waals surface area contributed by atoms with Crippen LogP contribution < -0.4 is 4.74 Å². The van der Waals surface area contributed by atoms with Gasteiger partial charge in [-0.1, -0.05) is 12.1 Å². The number of hydrogen-bond donors (Lipinski definition) is 0. The highest BCUT2D eigenvalue weighted by molar-refractivity contribution is 5.79. The molecule has 2 aromatic rings. The number of nitrogens with zero attached hydrogens (tertiary/aromatic N) is 4. The van der Waals surface area contributed by atoms with Gasteiger partial charge >= 0.3 is 0 Å². The smallest absolute Gasteiger partial charge is 0.228 e. The highest BCUT2D eigenvalue weighted by atomic mass is 16.5. The summed E-state index contributed by atoms with van der Waals surface area (Å²) in [5, 5.41) is 8.04. The number of aromatic nitrogens is 3.